The zero-order valence-electron chi connectivity index (χ0n) is 15.1. The van der Waals surface area contributed by atoms with Gasteiger partial charge in [-0.15, -0.1) is 5.10 Å². The van der Waals surface area contributed by atoms with Crippen LogP contribution in [0.1, 0.15) is 49.6 Å². The molecule has 1 aliphatic rings. The Bertz CT molecular complexity index is 925. The lowest BCUT2D eigenvalue weighted by Crippen LogP contribution is -2.29. The van der Waals surface area contributed by atoms with E-state index in [0.29, 0.717) is 6.04 Å². The lowest BCUT2D eigenvalue weighted by Gasteiger charge is -2.27. The monoisotopic (exact) mass is 339 g/mol. The molecule has 25 heavy (non-hydrogen) atoms. The molecule has 0 atom stereocenters. The van der Waals surface area contributed by atoms with Crippen LogP contribution < -0.4 is 5.32 Å². The van der Waals surface area contributed by atoms with Crippen molar-refractivity contribution in [3.05, 3.63) is 29.1 Å². The van der Waals surface area contributed by atoms with Gasteiger partial charge >= 0.3 is 0 Å². The molecule has 3 aromatic rings. The quantitative estimate of drug-likeness (QED) is 0.766. The second kappa shape index (κ2) is 6.26. The summed E-state index contributed by atoms with van der Waals surface area (Å²) >= 11 is 0. The van der Waals surface area contributed by atoms with Gasteiger partial charge in [-0.2, -0.15) is 4.52 Å². The number of aliphatic hydroxyl groups excluding tert-OH is 1. The highest BCUT2D eigenvalue weighted by Gasteiger charge is 2.21. The standard InChI is InChI=1S/C19H25N5O/c1-4-13-10-16(21-14-5-7-15(25)8-6-14)24-19(22-13)17-11(2)9-12(3)20-18(17)23-24/h9-10,14-15,21,25H,4-8H2,1-3H3. The Labute approximate surface area is 147 Å². The van der Waals surface area contributed by atoms with Gasteiger partial charge in [0, 0.05) is 23.5 Å². The summed E-state index contributed by atoms with van der Waals surface area (Å²) in [5.41, 5.74) is 4.80. The summed E-state index contributed by atoms with van der Waals surface area (Å²) in [6.07, 6.45) is 4.39. The van der Waals surface area contributed by atoms with Crippen LogP contribution in [0, 0.1) is 13.8 Å². The van der Waals surface area contributed by atoms with Gasteiger partial charge in [-0.1, -0.05) is 6.92 Å². The molecule has 1 saturated carbocycles. The number of aliphatic hydroxyl groups is 1. The Morgan fingerprint density at radius 1 is 1.16 bits per heavy atom. The minimum atomic E-state index is -0.149. The summed E-state index contributed by atoms with van der Waals surface area (Å²) in [5.74, 6) is 0.971. The molecule has 0 saturated heterocycles. The van der Waals surface area contributed by atoms with E-state index in [1.807, 2.05) is 11.4 Å². The fraction of sp³-hybridized carbons (Fsp3) is 0.526. The number of aryl methyl sites for hydroxylation is 3. The Hall–Kier alpha value is -2.21. The average Bonchev–Trinajstić information content (AvgIpc) is 2.95. The van der Waals surface area contributed by atoms with Crippen LogP contribution in [-0.2, 0) is 6.42 Å². The molecule has 0 amide bonds. The van der Waals surface area contributed by atoms with E-state index in [2.05, 4.69) is 36.3 Å². The molecule has 0 spiro atoms. The smallest absolute Gasteiger partial charge is 0.184 e. The van der Waals surface area contributed by atoms with E-state index in [-0.39, 0.29) is 6.10 Å². The maximum Gasteiger partial charge on any atom is 0.184 e. The van der Waals surface area contributed by atoms with Crippen LogP contribution >= 0.6 is 0 Å². The molecule has 132 valence electrons. The number of hydrogen-bond donors (Lipinski definition) is 2. The predicted octanol–water partition coefficient (Wildman–Crippen LogP) is 3.17. The largest absolute Gasteiger partial charge is 0.393 e. The summed E-state index contributed by atoms with van der Waals surface area (Å²) in [6.45, 7) is 6.20. The molecule has 0 unspecified atom stereocenters. The van der Waals surface area contributed by atoms with E-state index in [4.69, 9.17) is 10.1 Å². The van der Waals surface area contributed by atoms with Crippen molar-refractivity contribution >= 4 is 22.5 Å². The third-order valence-corrected chi connectivity index (χ3v) is 5.14. The zero-order chi connectivity index (χ0) is 17.6. The fourth-order valence-corrected chi connectivity index (χ4v) is 3.79. The van der Waals surface area contributed by atoms with E-state index >= 15 is 0 Å². The van der Waals surface area contributed by atoms with Gasteiger partial charge in [0.25, 0.3) is 0 Å². The summed E-state index contributed by atoms with van der Waals surface area (Å²) < 4.78 is 1.90. The molecule has 1 fully saturated rings. The minimum absolute atomic E-state index is 0.149. The van der Waals surface area contributed by atoms with E-state index in [0.717, 1.165) is 71.6 Å². The van der Waals surface area contributed by atoms with Crippen LogP contribution in [0.2, 0.25) is 0 Å². The fourth-order valence-electron chi connectivity index (χ4n) is 3.79. The second-order valence-electron chi connectivity index (χ2n) is 7.15. The van der Waals surface area contributed by atoms with Crippen LogP contribution in [0.4, 0.5) is 5.82 Å². The zero-order valence-corrected chi connectivity index (χ0v) is 15.1. The number of hydrogen-bond acceptors (Lipinski definition) is 5. The summed E-state index contributed by atoms with van der Waals surface area (Å²) in [7, 11) is 0. The molecule has 6 heteroatoms. The number of fused-ring (bicyclic) bond motifs is 3. The summed E-state index contributed by atoms with van der Waals surface area (Å²) in [5, 5.41) is 19.1. The van der Waals surface area contributed by atoms with Crippen molar-refractivity contribution in [1.82, 2.24) is 19.6 Å². The van der Waals surface area contributed by atoms with Crippen LogP contribution in [0.25, 0.3) is 16.7 Å². The van der Waals surface area contributed by atoms with Crippen molar-refractivity contribution in [2.45, 2.75) is 65.0 Å². The maximum atomic E-state index is 9.74. The van der Waals surface area contributed by atoms with Crippen LogP contribution in [0.5, 0.6) is 0 Å². The molecular weight excluding hydrogens is 314 g/mol. The third-order valence-electron chi connectivity index (χ3n) is 5.14. The molecule has 3 heterocycles. The molecule has 2 N–H and O–H groups in total. The number of rotatable bonds is 3. The third kappa shape index (κ3) is 2.95. The molecule has 0 bridgehead atoms. The molecule has 1 aliphatic carbocycles. The Morgan fingerprint density at radius 3 is 2.64 bits per heavy atom. The van der Waals surface area contributed by atoms with Gasteiger partial charge in [0.1, 0.15) is 5.82 Å². The van der Waals surface area contributed by atoms with Gasteiger partial charge < -0.3 is 10.4 Å². The van der Waals surface area contributed by atoms with Gasteiger partial charge in [-0.05, 0) is 57.6 Å². The number of pyridine rings is 1. The number of nitrogens with one attached hydrogen (secondary N) is 1. The van der Waals surface area contributed by atoms with E-state index in [9.17, 15) is 5.11 Å². The lowest BCUT2D eigenvalue weighted by molar-refractivity contribution is 0.126. The Balaban J connectivity index is 1.84. The molecule has 0 aliphatic heterocycles. The first kappa shape index (κ1) is 16.3. The molecule has 6 nitrogen and oxygen atoms in total. The van der Waals surface area contributed by atoms with Gasteiger partial charge in [0.15, 0.2) is 11.3 Å². The van der Waals surface area contributed by atoms with Crippen molar-refractivity contribution < 1.29 is 5.11 Å². The Morgan fingerprint density at radius 2 is 1.92 bits per heavy atom. The van der Waals surface area contributed by atoms with Crippen molar-refractivity contribution in [3.63, 3.8) is 0 Å². The first-order valence-corrected chi connectivity index (χ1v) is 9.16. The normalized spacial score (nSPS) is 21.1. The minimum Gasteiger partial charge on any atom is -0.393 e. The first-order chi connectivity index (χ1) is 12.0. The summed E-state index contributed by atoms with van der Waals surface area (Å²) in [4.78, 5) is 9.41. The van der Waals surface area contributed by atoms with Crippen molar-refractivity contribution in [1.29, 1.82) is 0 Å². The van der Waals surface area contributed by atoms with Crippen LogP contribution in [0.3, 0.4) is 0 Å². The summed E-state index contributed by atoms with van der Waals surface area (Å²) in [6, 6.07) is 4.54. The lowest BCUT2D eigenvalue weighted by atomic mass is 9.93. The molecule has 3 aromatic heterocycles. The van der Waals surface area contributed by atoms with Gasteiger partial charge in [-0.25, -0.2) is 9.97 Å². The van der Waals surface area contributed by atoms with Crippen LogP contribution in [-0.4, -0.2) is 36.8 Å². The SMILES string of the molecule is CCc1cc(NC2CCC(O)CC2)n2nc3nc(C)cc(C)c3c2n1. The van der Waals surface area contributed by atoms with Crippen molar-refractivity contribution in [3.8, 4) is 0 Å². The topological polar surface area (TPSA) is 75.3 Å². The van der Waals surface area contributed by atoms with Crippen molar-refractivity contribution in [2.75, 3.05) is 5.32 Å². The van der Waals surface area contributed by atoms with E-state index < -0.39 is 0 Å². The first-order valence-electron chi connectivity index (χ1n) is 9.16. The predicted molar refractivity (Wildman–Crippen MR) is 99.0 cm³/mol. The maximum absolute atomic E-state index is 9.74. The van der Waals surface area contributed by atoms with Crippen LogP contribution in [0.15, 0.2) is 12.1 Å². The number of aromatic nitrogens is 4. The van der Waals surface area contributed by atoms with Gasteiger partial charge in [0.2, 0.25) is 0 Å². The van der Waals surface area contributed by atoms with E-state index in [1.54, 1.807) is 0 Å². The van der Waals surface area contributed by atoms with E-state index in [1.165, 1.54) is 0 Å². The molecule has 0 radical (unpaired) electrons. The highest BCUT2D eigenvalue weighted by molar-refractivity contribution is 5.93. The van der Waals surface area contributed by atoms with Crippen molar-refractivity contribution in [2.24, 2.45) is 0 Å². The average molecular weight is 339 g/mol. The number of anilines is 1. The highest BCUT2D eigenvalue weighted by Crippen LogP contribution is 2.27. The molecule has 0 aromatic carbocycles. The van der Waals surface area contributed by atoms with Gasteiger partial charge in [0.05, 0.1) is 11.5 Å². The number of nitrogens with zero attached hydrogens (tertiary/aromatic N) is 4. The highest BCUT2D eigenvalue weighted by atomic mass is 16.3. The Kier molecular flexibility index (Phi) is 4.07. The second-order valence-corrected chi connectivity index (χ2v) is 7.15. The molecular formula is C19H25N5O. The molecule has 4 rings (SSSR count). The van der Waals surface area contributed by atoms with Gasteiger partial charge in [-0.3, -0.25) is 0 Å².